The predicted molar refractivity (Wildman–Crippen MR) is 78.5 cm³/mol. The Morgan fingerprint density at radius 1 is 0.759 bits per heavy atom. The van der Waals surface area contributed by atoms with Crippen LogP contribution >= 0.6 is 0 Å². The van der Waals surface area contributed by atoms with Crippen LogP contribution in [-0.4, -0.2) is 73.3 Å². The molecule has 0 saturated carbocycles. The van der Waals surface area contributed by atoms with Crippen molar-refractivity contribution in [2.75, 3.05) is 34.5 Å². The van der Waals surface area contributed by atoms with Gasteiger partial charge < -0.3 is 18.0 Å². The van der Waals surface area contributed by atoms with E-state index in [-0.39, 0.29) is 12.5 Å². The number of ether oxygens (including phenoxy) is 2. The summed E-state index contributed by atoms with van der Waals surface area (Å²) in [4.78, 5) is 0. The highest BCUT2D eigenvalue weighted by molar-refractivity contribution is 6.60. The Morgan fingerprint density at radius 2 is 1.21 bits per heavy atom. The van der Waals surface area contributed by atoms with Gasteiger partial charge in [0.1, 0.15) is 6.61 Å². The minimum absolute atomic E-state index is 0.0427. The Balaban J connectivity index is 5.19. The minimum Gasteiger partial charge on any atom is -0.377 e. The van der Waals surface area contributed by atoms with Crippen LogP contribution in [0, 0.1) is 0 Å². The van der Waals surface area contributed by atoms with Crippen LogP contribution in [0.15, 0.2) is 0 Å². The normalized spacial score (nSPS) is 16.8. The fourth-order valence-electron chi connectivity index (χ4n) is 1.84. The Labute approximate surface area is 160 Å². The quantitative estimate of drug-likeness (QED) is 0.225. The highest BCUT2D eigenvalue weighted by Crippen LogP contribution is 2.50. The molecule has 1 unspecified atom stereocenters. The molecule has 176 valence electrons. The van der Waals surface area contributed by atoms with Crippen LogP contribution in [0.1, 0.15) is 13.3 Å². The van der Waals surface area contributed by atoms with Crippen LogP contribution < -0.4 is 0 Å². The molecule has 0 saturated heterocycles. The van der Waals surface area contributed by atoms with Crippen molar-refractivity contribution in [2.24, 2.45) is 0 Å². The summed E-state index contributed by atoms with van der Waals surface area (Å²) in [5.74, 6) is -17.5. The number of halogens is 10. The number of hydrogen-bond donors (Lipinski definition) is 0. The van der Waals surface area contributed by atoms with Crippen molar-refractivity contribution in [3.63, 3.8) is 0 Å². The Hall–Kier alpha value is -0.683. The SMILES string of the molecule is CO[Si](CCCOCC(F)(OC(F)(F)C(F)(F)C(C)(F)F)C(F)(F)F)(OC)OC. The van der Waals surface area contributed by atoms with Gasteiger partial charge in [0.15, 0.2) is 0 Å². The molecule has 0 spiro atoms. The molecule has 16 heteroatoms. The number of alkyl halides is 10. The smallest absolute Gasteiger partial charge is 0.377 e. The van der Waals surface area contributed by atoms with Crippen LogP contribution in [0.25, 0.3) is 0 Å². The van der Waals surface area contributed by atoms with E-state index < -0.39 is 58.9 Å². The van der Waals surface area contributed by atoms with Crippen LogP contribution in [0.3, 0.4) is 0 Å². The van der Waals surface area contributed by atoms with Crippen LogP contribution in [0.4, 0.5) is 43.9 Å². The van der Waals surface area contributed by atoms with Gasteiger partial charge in [-0.05, 0) is 6.42 Å². The van der Waals surface area contributed by atoms with Gasteiger partial charge in [0.05, 0.1) is 0 Å². The molecule has 0 rings (SSSR count). The first-order chi connectivity index (χ1) is 12.8. The van der Waals surface area contributed by atoms with E-state index in [1.54, 1.807) is 0 Å². The maximum absolute atomic E-state index is 14.0. The fourth-order valence-corrected chi connectivity index (χ4v) is 3.53. The first-order valence-corrected chi connectivity index (χ1v) is 9.60. The maximum atomic E-state index is 14.0. The molecule has 0 aromatic rings. The van der Waals surface area contributed by atoms with Crippen molar-refractivity contribution in [3.05, 3.63) is 0 Å². The molecule has 0 radical (unpaired) electrons. The Kier molecular flexibility index (Phi) is 9.41. The van der Waals surface area contributed by atoms with Crippen molar-refractivity contribution in [1.82, 2.24) is 0 Å². The summed E-state index contributed by atoms with van der Waals surface area (Å²) >= 11 is 0. The summed E-state index contributed by atoms with van der Waals surface area (Å²) in [5.41, 5.74) is 0. The molecule has 0 aliphatic rings. The van der Waals surface area contributed by atoms with Crippen LogP contribution in [0.2, 0.25) is 6.04 Å². The van der Waals surface area contributed by atoms with Crippen molar-refractivity contribution in [2.45, 2.75) is 49.4 Å². The minimum atomic E-state index is -6.51. The van der Waals surface area contributed by atoms with Crippen LogP contribution in [-0.2, 0) is 22.8 Å². The molecular formula is C13H20F10O5Si. The lowest BCUT2D eigenvalue weighted by Crippen LogP contribution is -2.60. The zero-order valence-corrected chi connectivity index (χ0v) is 16.6. The third kappa shape index (κ3) is 6.65. The summed E-state index contributed by atoms with van der Waals surface area (Å²) in [7, 11) is 0.491. The second kappa shape index (κ2) is 9.63. The van der Waals surface area contributed by atoms with E-state index in [1.165, 1.54) is 21.3 Å². The predicted octanol–water partition coefficient (Wildman–Crippen LogP) is 4.40. The summed E-state index contributed by atoms with van der Waals surface area (Å²) < 4.78 is 152. The van der Waals surface area contributed by atoms with Gasteiger partial charge in [0, 0.05) is 40.9 Å². The highest BCUT2D eigenvalue weighted by atomic mass is 28.4. The van der Waals surface area contributed by atoms with E-state index in [0.717, 1.165) is 0 Å². The van der Waals surface area contributed by atoms with Crippen molar-refractivity contribution in [3.8, 4) is 0 Å². The molecule has 0 fully saturated rings. The summed E-state index contributed by atoms with van der Waals surface area (Å²) in [6.45, 7) is -3.72. The molecular weight excluding hydrogens is 454 g/mol. The largest absolute Gasteiger partial charge is 0.500 e. The lowest BCUT2D eigenvalue weighted by molar-refractivity contribution is -0.474. The third-order valence-electron chi connectivity index (χ3n) is 3.62. The number of hydrogen-bond acceptors (Lipinski definition) is 5. The molecule has 0 N–H and O–H groups in total. The first-order valence-electron chi connectivity index (χ1n) is 7.67. The molecule has 0 aliphatic carbocycles. The van der Waals surface area contributed by atoms with E-state index in [1.807, 2.05) is 0 Å². The molecule has 29 heavy (non-hydrogen) atoms. The van der Waals surface area contributed by atoms with E-state index in [0.29, 0.717) is 0 Å². The number of rotatable bonds is 13. The zero-order chi connectivity index (χ0) is 23.4. The first kappa shape index (κ1) is 28.3. The van der Waals surface area contributed by atoms with Gasteiger partial charge in [-0.3, -0.25) is 4.74 Å². The van der Waals surface area contributed by atoms with Gasteiger partial charge in [-0.25, -0.2) is 0 Å². The summed E-state index contributed by atoms with van der Waals surface area (Å²) in [6, 6.07) is -0.0427. The average molecular weight is 474 g/mol. The molecule has 0 aromatic carbocycles. The maximum Gasteiger partial charge on any atom is 0.500 e. The van der Waals surface area contributed by atoms with Gasteiger partial charge >= 0.3 is 38.8 Å². The Bertz CT molecular complexity index is 501. The van der Waals surface area contributed by atoms with E-state index in [9.17, 15) is 43.9 Å². The molecule has 1 atom stereocenters. The van der Waals surface area contributed by atoms with Crippen molar-refractivity contribution in [1.29, 1.82) is 0 Å². The molecule has 0 bridgehead atoms. The Morgan fingerprint density at radius 3 is 1.55 bits per heavy atom. The summed E-state index contributed by atoms with van der Waals surface area (Å²) in [6.07, 6.45) is -13.0. The molecule has 5 nitrogen and oxygen atoms in total. The second-order valence-electron chi connectivity index (χ2n) is 5.76. The topological polar surface area (TPSA) is 46.2 Å². The highest BCUT2D eigenvalue weighted by Gasteiger charge is 2.75. The van der Waals surface area contributed by atoms with Gasteiger partial charge in [0.25, 0.3) is 0 Å². The van der Waals surface area contributed by atoms with Crippen molar-refractivity contribution >= 4 is 8.80 Å². The van der Waals surface area contributed by atoms with E-state index in [2.05, 4.69) is 9.47 Å². The lowest BCUT2D eigenvalue weighted by atomic mass is 10.1. The van der Waals surface area contributed by atoms with Gasteiger partial charge in [-0.15, -0.1) is 0 Å². The lowest BCUT2D eigenvalue weighted by Gasteiger charge is -2.36. The molecule has 0 heterocycles. The second-order valence-corrected chi connectivity index (χ2v) is 8.85. The van der Waals surface area contributed by atoms with Crippen molar-refractivity contribution < 1.29 is 66.7 Å². The summed E-state index contributed by atoms with van der Waals surface area (Å²) in [5, 5.41) is 0. The molecule has 0 amide bonds. The van der Waals surface area contributed by atoms with E-state index >= 15 is 0 Å². The fraction of sp³-hybridized carbons (Fsp3) is 1.00. The van der Waals surface area contributed by atoms with Gasteiger partial charge in [-0.2, -0.15) is 43.9 Å². The standard InChI is InChI=1S/C13H20F10O5Si/c1-9(14,15)11(17,18)13(22,23)28-10(16,12(19,20)21)8-27-6-5-7-29(24-2,25-3)26-4/h5-8H2,1-4H3. The monoisotopic (exact) mass is 474 g/mol. The third-order valence-corrected chi connectivity index (χ3v) is 6.45. The zero-order valence-electron chi connectivity index (χ0n) is 15.6. The average Bonchev–Trinajstić information content (AvgIpc) is 2.56. The van der Waals surface area contributed by atoms with Gasteiger partial charge in [0.2, 0.25) is 0 Å². The van der Waals surface area contributed by atoms with Crippen LogP contribution in [0.5, 0.6) is 0 Å². The molecule has 0 aliphatic heterocycles. The molecule has 0 aromatic heterocycles. The van der Waals surface area contributed by atoms with E-state index in [4.69, 9.17) is 13.3 Å². The van der Waals surface area contributed by atoms with Gasteiger partial charge in [-0.1, -0.05) is 0 Å².